The van der Waals surface area contributed by atoms with Gasteiger partial charge in [0.1, 0.15) is 5.82 Å². The van der Waals surface area contributed by atoms with Crippen LogP contribution >= 0.6 is 24.0 Å². The molecule has 7 heteroatoms. The zero-order valence-corrected chi connectivity index (χ0v) is 18.0. The molecule has 2 aromatic rings. The number of aryl methyl sites for hydroxylation is 1. The van der Waals surface area contributed by atoms with Gasteiger partial charge < -0.3 is 15.4 Å². The minimum absolute atomic E-state index is 0. The van der Waals surface area contributed by atoms with E-state index in [1.165, 1.54) is 13.2 Å². The lowest BCUT2D eigenvalue weighted by Crippen LogP contribution is -2.37. The van der Waals surface area contributed by atoms with Gasteiger partial charge in [-0.15, -0.1) is 24.0 Å². The van der Waals surface area contributed by atoms with Crippen LogP contribution in [0.2, 0.25) is 0 Å². The van der Waals surface area contributed by atoms with Gasteiger partial charge in [0, 0.05) is 20.1 Å². The van der Waals surface area contributed by atoms with Gasteiger partial charge in [0.05, 0.1) is 12.7 Å². The van der Waals surface area contributed by atoms with Crippen molar-refractivity contribution < 1.29 is 13.9 Å². The van der Waals surface area contributed by atoms with Crippen LogP contribution in [0.3, 0.4) is 0 Å². The number of hydrogen-bond donors (Lipinski definition) is 2. The second-order valence-electron chi connectivity index (χ2n) is 5.87. The van der Waals surface area contributed by atoms with E-state index in [1.54, 1.807) is 32.2 Å². The molecule has 0 saturated heterocycles. The number of ether oxygens (including phenoxy) is 1. The van der Waals surface area contributed by atoms with Crippen LogP contribution in [0.15, 0.2) is 47.5 Å². The highest BCUT2D eigenvalue weighted by Crippen LogP contribution is 2.09. The summed E-state index contributed by atoms with van der Waals surface area (Å²) < 4.78 is 18.0. The molecule has 0 fully saturated rings. The number of nitrogens with one attached hydrogen (secondary N) is 2. The molecule has 0 spiro atoms. The molecule has 0 aliphatic heterocycles. The van der Waals surface area contributed by atoms with E-state index in [0.29, 0.717) is 30.2 Å². The van der Waals surface area contributed by atoms with Crippen molar-refractivity contribution in [2.75, 3.05) is 20.7 Å². The molecule has 0 aliphatic carbocycles. The first-order valence-corrected chi connectivity index (χ1v) is 8.40. The van der Waals surface area contributed by atoms with Gasteiger partial charge in [0.2, 0.25) is 0 Å². The maximum atomic E-state index is 13.3. The lowest BCUT2D eigenvalue weighted by molar-refractivity contribution is 0.0600. The Labute approximate surface area is 176 Å². The molecule has 0 heterocycles. The van der Waals surface area contributed by atoms with E-state index in [9.17, 15) is 9.18 Å². The summed E-state index contributed by atoms with van der Waals surface area (Å²) in [5, 5.41) is 6.44. The molecule has 0 aliphatic rings. The van der Waals surface area contributed by atoms with Crippen molar-refractivity contribution in [3.05, 3.63) is 70.5 Å². The third-order valence-electron chi connectivity index (χ3n) is 3.99. The molecule has 0 amide bonds. The predicted molar refractivity (Wildman–Crippen MR) is 116 cm³/mol. The number of hydrogen-bond acceptors (Lipinski definition) is 3. The van der Waals surface area contributed by atoms with E-state index in [1.807, 2.05) is 18.2 Å². The summed E-state index contributed by atoms with van der Waals surface area (Å²) in [6.45, 7) is 3.01. The average molecular weight is 485 g/mol. The number of benzene rings is 2. The standard InChI is InChI=1S/C20H24FN3O2.HI/c1-14-12-16(6-9-18(14)21)13-24-20(22-2)23-11-10-15-4-7-17(8-5-15)19(25)26-3;/h4-9,12H,10-11,13H2,1-3H3,(H2,22,23,24);1H. The zero-order valence-electron chi connectivity index (χ0n) is 15.7. The van der Waals surface area contributed by atoms with Crippen LogP contribution in [-0.4, -0.2) is 32.6 Å². The van der Waals surface area contributed by atoms with Crippen LogP contribution in [0.4, 0.5) is 4.39 Å². The van der Waals surface area contributed by atoms with Crippen molar-refractivity contribution in [2.45, 2.75) is 19.9 Å². The highest BCUT2D eigenvalue weighted by atomic mass is 127. The normalized spacial score (nSPS) is 10.7. The Hall–Kier alpha value is -2.16. The number of nitrogens with zero attached hydrogens (tertiary/aromatic N) is 1. The van der Waals surface area contributed by atoms with Gasteiger partial charge in [0.25, 0.3) is 0 Å². The number of aliphatic imine (C=N–C) groups is 1. The molecule has 0 atom stereocenters. The van der Waals surface area contributed by atoms with Crippen molar-refractivity contribution >= 4 is 35.9 Å². The Morgan fingerprint density at radius 2 is 1.78 bits per heavy atom. The molecule has 0 saturated carbocycles. The fourth-order valence-electron chi connectivity index (χ4n) is 2.47. The van der Waals surface area contributed by atoms with Gasteiger partial charge >= 0.3 is 5.97 Å². The highest BCUT2D eigenvalue weighted by Gasteiger charge is 2.05. The van der Waals surface area contributed by atoms with E-state index >= 15 is 0 Å². The van der Waals surface area contributed by atoms with Crippen molar-refractivity contribution in [1.29, 1.82) is 0 Å². The molecule has 0 aromatic heterocycles. The molecule has 5 nitrogen and oxygen atoms in total. The number of carbonyl (C=O) groups excluding carboxylic acids is 1. The number of esters is 1. The summed E-state index contributed by atoms with van der Waals surface area (Å²) in [5.74, 6) is 0.142. The van der Waals surface area contributed by atoms with Gasteiger partial charge in [-0.3, -0.25) is 4.99 Å². The van der Waals surface area contributed by atoms with Crippen LogP contribution < -0.4 is 10.6 Å². The second kappa shape index (κ2) is 11.5. The summed E-state index contributed by atoms with van der Waals surface area (Å²) >= 11 is 0. The lowest BCUT2D eigenvalue weighted by Gasteiger charge is -2.12. The van der Waals surface area contributed by atoms with Crippen molar-refractivity contribution in [3.8, 4) is 0 Å². The second-order valence-corrected chi connectivity index (χ2v) is 5.87. The number of rotatable bonds is 6. The Bertz CT molecular complexity index is 779. The molecule has 146 valence electrons. The van der Waals surface area contributed by atoms with Crippen LogP contribution in [0, 0.1) is 12.7 Å². The maximum absolute atomic E-state index is 13.3. The summed E-state index contributed by atoms with van der Waals surface area (Å²) in [4.78, 5) is 15.6. The van der Waals surface area contributed by atoms with Gasteiger partial charge in [-0.1, -0.05) is 24.3 Å². The first-order valence-electron chi connectivity index (χ1n) is 8.40. The fourth-order valence-corrected chi connectivity index (χ4v) is 2.47. The first kappa shape index (κ1) is 22.9. The van der Waals surface area contributed by atoms with E-state index in [4.69, 9.17) is 0 Å². The smallest absolute Gasteiger partial charge is 0.337 e. The van der Waals surface area contributed by atoms with Crippen molar-refractivity contribution in [1.82, 2.24) is 10.6 Å². The number of carbonyl (C=O) groups is 1. The Morgan fingerprint density at radius 3 is 2.37 bits per heavy atom. The molecule has 0 unspecified atom stereocenters. The molecule has 27 heavy (non-hydrogen) atoms. The number of halogens is 2. The van der Waals surface area contributed by atoms with Crippen molar-refractivity contribution in [2.24, 2.45) is 4.99 Å². The Balaban J connectivity index is 0.00000364. The monoisotopic (exact) mass is 485 g/mol. The third kappa shape index (κ3) is 7.16. The molecule has 2 N–H and O–H groups in total. The lowest BCUT2D eigenvalue weighted by atomic mass is 10.1. The minimum atomic E-state index is -0.338. The molecule has 2 aromatic carbocycles. The predicted octanol–water partition coefficient (Wildman–Crippen LogP) is 3.45. The van der Waals surface area contributed by atoms with E-state index in [0.717, 1.165) is 17.5 Å². The van der Waals surface area contributed by atoms with Crippen LogP contribution in [0.25, 0.3) is 0 Å². The van der Waals surface area contributed by atoms with Gasteiger partial charge in [-0.05, 0) is 48.2 Å². The zero-order chi connectivity index (χ0) is 18.9. The number of methoxy groups -OCH3 is 1. The van der Waals surface area contributed by atoms with Gasteiger partial charge in [-0.25, -0.2) is 9.18 Å². The maximum Gasteiger partial charge on any atom is 0.337 e. The van der Waals surface area contributed by atoms with Gasteiger partial charge in [-0.2, -0.15) is 0 Å². The van der Waals surface area contributed by atoms with Crippen molar-refractivity contribution in [3.63, 3.8) is 0 Å². The fraction of sp³-hybridized carbons (Fsp3) is 0.300. The Kier molecular flexibility index (Phi) is 9.77. The van der Waals surface area contributed by atoms with E-state index in [2.05, 4.69) is 20.4 Å². The number of guanidine groups is 1. The molecular formula is C20H25FIN3O2. The van der Waals surface area contributed by atoms with Gasteiger partial charge in [0.15, 0.2) is 5.96 Å². The average Bonchev–Trinajstić information content (AvgIpc) is 2.67. The Morgan fingerprint density at radius 1 is 1.11 bits per heavy atom. The minimum Gasteiger partial charge on any atom is -0.465 e. The highest BCUT2D eigenvalue weighted by molar-refractivity contribution is 14.0. The quantitative estimate of drug-likeness (QED) is 0.285. The van der Waals surface area contributed by atoms with E-state index in [-0.39, 0.29) is 35.8 Å². The van der Waals surface area contributed by atoms with E-state index < -0.39 is 0 Å². The topological polar surface area (TPSA) is 62.7 Å². The third-order valence-corrected chi connectivity index (χ3v) is 3.99. The van der Waals surface area contributed by atoms with Crippen LogP contribution in [0.5, 0.6) is 0 Å². The largest absolute Gasteiger partial charge is 0.465 e. The SMILES string of the molecule is CN=C(NCCc1ccc(C(=O)OC)cc1)NCc1ccc(F)c(C)c1.I. The molecule has 2 rings (SSSR count). The summed E-state index contributed by atoms with van der Waals surface area (Å²) in [5.41, 5.74) is 3.26. The molecule has 0 bridgehead atoms. The molecule has 0 radical (unpaired) electrons. The first-order chi connectivity index (χ1) is 12.5. The van der Waals surface area contributed by atoms with Crippen LogP contribution in [0.1, 0.15) is 27.0 Å². The summed E-state index contributed by atoms with van der Waals surface area (Å²) in [6, 6.07) is 12.4. The van der Waals surface area contributed by atoms with Crippen LogP contribution in [-0.2, 0) is 17.7 Å². The molecular weight excluding hydrogens is 460 g/mol. The summed E-state index contributed by atoms with van der Waals surface area (Å²) in [6.07, 6.45) is 0.789. The summed E-state index contributed by atoms with van der Waals surface area (Å²) in [7, 11) is 3.07.